The average Bonchev–Trinajstić information content (AvgIpc) is 2.73. The van der Waals surface area contributed by atoms with Gasteiger partial charge in [0.05, 0.1) is 5.69 Å². The van der Waals surface area contributed by atoms with Crippen LogP contribution in [0, 0.1) is 0 Å². The lowest BCUT2D eigenvalue weighted by Gasteiger charge is -2.25. The topological polar surface area (TPSA) is 42.1 Å². The maximum atomic E-state index is 5.56. The standard InChI is InChI=1S/C11H21N3S2/c1-4-10(8-15-3)14(2)6-9-7-16-11(5-12)13-9/h7,10H,4-6,8,12H2,1-3H3. The van der Waals surface area contributed by atoms with Crippen LogP contribution in [0.5, 0.6) is 0 Å². The van der Waals surface area contributed by atoms with Crippen molar-refractivity contribution in [3.8, 4) is 0 Å². The summed E-state index contributed by atoms with van der Waals surface area (Å²) in [5.41, 5.74) is 6.70. The van der Waals surface area contributed by atoms with Crippen molar-refractivity contribution in [1.82, 2.24) is 9.88 Å². The first-order chi connectivity index (χ1) is 7.71. The molecule has 0 fully saturated rings. The molecule has 0 bridgehead atoms. The first-order valence-corrected chi connectivity index (χ1v) is 7.81. The second-order valence-electron chi connectivity index (χ2n) is 3.87. The van der Waals surface area contributed by atoms with Crippen LogP contribution in [0.4, 0.5) is 0 Å². The molecule has 0 saturated carbocycles. The molecule has 0 aromatic carbocycles. The maximum Gasteiger partial charge on any atom is 0.106 e. The number of thiazole rings is 1. The van der Waals surface area contributed by atoms with E-state index in [1.54, 1.807) is 11.3 Å². The number of nitrogens with two attached hydrogens (primary N) is 1. The molecule has 0 aliphatic rings. The molecule has 0 spiro atoms. The predicted octanol–water partition coefficient (Wildman–Crippen LogP) is 2.18. The van der Waals surface area contributed by atoms with Crippen LogP contribution < -0.4 is 5.73 Å². The highest BCUT2D eigenvalue weighted by Gasteiger charge is 2.13. The number of hydrogen-bond donors (Lipinski definition) is 1. The molecule has 1 unspecified atom stereocenters. The van der Waals surface area contributed by atoms with E-state index in [2.05, 4.69) is 35.5 Å². The van der Waals surface area contributed by atoms with Crippen molar-refractivity contribution < 1.29 is 0 Å². The number of nitrogens with zero attached hydrogens (tertiary/aromatic N) is 2. The van der Waals surface area contributed by atoms with Gasteiger partial charge < -0.3 is 5.73 Å². The van der Waals surface area contributed by atoms with Crippen molar-refractivity contribution in [1.29, 1.82) is 0 Å². The van der Waals surface area contributed by atoms with Crippen LogP contribution in [0.2, 0.25) is 0 Å². The largest absolute Gasteiger partial charge is 0.325 e. The highest BCUT2D eigenvalue weighted by atomic mass is 32.2. The smallest absolute Gasteiger partial charge is 0.106 e. The first kappa shape index (κ1) is 14.0. The van der Waals surface area contributed by atoms with Crippen LogP contribution >= 0.6 is 23.1 Å². The van der Waals surface area contributed by atoms with Gasteiger partial charge in [0.15, 0.2) is 0 Å². The molecule has 1 atom stereocenters. The Kier molecular flexibility index (Phi) is 6.34. The minimum Gasteiger partial charge on any atom is -0.325 e. The molecule has 0 saturated heterocycles. The van der Waals surface area contributed by atoms with E-state index in [4.69, 9.17) is 5.73 Å². The van der Waals surface area contributed by atoms with Crippen molar-refractivity contribution in [2.45, 2.75) is 32.5 Å². The van der Waals surface area contributed by atoms with Gasteiger partial charge in [0.25, 0.3) is 0 Å². The molecular formula is C11H21N3S2. The predicted molar refractivity (Wildman–Crippen MR) is 73.9 cm³/mol. The molecule has 0 aliphatic carbocycles. The van der Waals surface area contributed by atoms with E-state index < -0.39 is 0 Å². The Bertz CT molecular complexity index is 301. The molecule has 1 aromatic rings. The average molecular weight is 259 g/mol. The van der Waals surface area contributed by atoms with Gasteiger partial charge in [0.1, 0.15) is 5.01 Å². The van der Waals surface area contributed by atoms with E-state index >= 15 is 0 Å². The summed E-state index contributed by atoms with van der Waals surface area (Å²) in [6.07, 6.45) is 3.34. The van der Waals surface area contributed by atoms with Gasteiger partial charge in [-0.15, -0.1) is 11.3 Å². The van der Waals surface area contributed by atoms with E-state index in [0.29, 0.717) is 12.6 Å². The fraction of sp³-hybridized carbons (Fsp3) is 0.727. The Hall–Kier alpha value is -0.100. The van der Waals surface area contributed by atoms with Crippen LogP contribution in [-0.4, -0.2) is 35.0 Å². The summed E-state index contributed by atoms with van der Waals surface area (Å²) in [6.45, 7) is 3.72. The molecule has 92 valence electrons. The Labute approximate surface area is 106 Å². The third kappa shape index (κ3) is 4.05. The summed E-state index contributed by atoms with van der Waals surface area (Å²) >= 11 is 3.56. The van der Waals surface area contributed by atoms with Gasteiger partial charge in [-0.05, 0) is 19.7 Å². The number of hydrogen-bond acceptors (Lipinski definition) is 5. The van der Waals surface area contributed by atoms with Gasteiger partial charge in [-0.1, -0.05) is 6.92 Å². The van der Waals surface area contributed by atoms with Crippen LogP contribution in [0.15, 0.2) is 5.38 Å². The zero-order chi connectivity index (χ0) is 12.0. The number of thioether (sulfide) groups is 1. The third-order valence-corrected chi connectivity index (χ3v) is 4.28. The highest BCUT2D eigenvalue weighted by molar-refractivity contribution is 7.98. The third-order valence-electron chi connectivity index (χ3n) is 2.64. The zero-order valence-corrected chi connectivity index (χ0v) is 11.9. The maximum absolute atomic E-state index is 5.56. The first-order valence-electron chi connectivity index (χ1n) is 5.53. The van der Waals surface area contributed by atoms with Gasteiger partial charge in [-0.2, -0.15) is 11.8 Å². The fourth-order valence-electron chi connectivity index (χ4n) is 1.65. The normalized spacial score (nSPS) is 13.3. The Morgan fingerprint density at radius 1 is 1.62 bits per heavy atom. The van der Waals surface area contributed by atoms with E-state index in [0.717, 1.165) is 17.2 Å². The zero-order valence-electron chi connectivity index (χ0n) is 10.3. The molecule has 16 heavy (non-hydrogen) atoms. The summed E-state index contributed by atoms with van der Waals surface area (Å²) in [4.78, 5) is 6.87. The van der Waals surface area contributed by atoms with Gasteiger partial charge >= 0.3 is 0 Å². The second-order valence-corrected chi connectivity index (χ2v) is 5.72. The van der Waals surface area contributed by atoms with E-state index in [1.807, 2.05) is 11.8 Å². The van der Waals surface area contributed by atoms with Crippen molar-refractivity contribution in [3.05, 3.63) is 16.1 Å². The van der Waals surface area contributed by atoms with Crippen molar-refractivity contribution in [2.75, 3.05) is 19.1 Å². The van der Waals surface area contributed by atoms with E-state index in [9.17, 15) is 0 Å². The molecule has 1 rings (SSSR count). The SMILES string of the molecule is CCC(CSC)N(C)Cc1csc(CN)n1. The van der Waals surface area contributed by atoms with Crippen LogP contribution in [0.25, 0.3) is 0 Å². The molecule has 0 amide bonds. The second kappa shape index (κ2) is 7.27. The molecular weight excluding hydrogens is 238 g/mol. The summed E-state index contributed by atoms with van der Waals surface area (Å²) in [7, 11) is 2.17. The Morgan fingerprint density at radius 3 is 2.88 bits per heavy atom. The molecule has 1 heterocycles. The van der Waals surface area contributed by atoms with Gasteiger partial charge in [0, 0.05) is 30.3 Å². The van der Waals surface area contributed by atoms with Crippen LogP contribution in [0.1, 0.15) is 24.0 Å². The summed E-state index contributed by atoms with van der Waals surface area (Å²) in [5, 5.41) is 3.14. The van der Waals surface area contributed by atoms with Gasteiger partial charge in [0.2, 0.25) is 0 Å². The number of rotatable bonds is 7. The van der Waals surface area contributed by atoms with Crippen molar-refractivity contribution in [3.63, 3.8) is 0 Å². The molecule has 5 heteroatoms. The lowest BCUT2D eigenvalue weighted by atomic mass is 10.2. The molecule has 2 N–H and O–H groups in total. The molecule has 1 aromatic heterocycles. The van der Waals surface area contributed by atoms with Crippen molar-refractivity contribution in [2.24, 2.45) is 5.73 Å². The Balaban J connectivity index is 2.51. The van der Waals surface area contributed by atoms with Gasteiger partial charge in [-0.25, -0.2) is 4.98 Å². The van der Waals surface area contributed by atoms with Gasteiger partial charge in [-0.3, -0.25) is 4.90 Å². The molecule has 0 aliphatic heterocycles. The summed E-state index contributed by atoms with van der Waals surface area (Å²) in [5.74, 6) is 1.18. The fourth-order valence-corrected chi connectivity index (χ4v) is 3.19. The number of aromatic nitrogens is 1. The van der Waals surface area contributed by atoms with Crippen LogP contribution in [-0.2, 0) is 13.1 Å². The van der Waals surface area contributed by atoms with E-state index in [1.165, 1.54) is 12.2 Å². The summed E-state index contributed by atoms with van der Waals surface area (Å²) < 4.78 is 0. The monoisotopic (exact) mass is 259 g/mol. The van der Waals surface area contributed by atoms with E-state index in [-0.39, 0.29) is 0 Å². The highest BCUT2D eigenvalue weighted by Crippen LogP contribution is 2.14. The minimum atomic E-state index is 0.552. The minimum absolute atomic E-state index is 0.552. The molecule has 0 radical (unpaired) electrons. The molecule has 3 nitrogen and oxygen atoms in total. The lowest BCUT2D eigenvalue weighted by molar-refractivity contribution is 0.245. The van der Waals surface area contributed by atoms with Crippen molar-refractivity contribution >= 4 is 23.1 Å². The quantitative estimate of drug-likeness (QED) is 0.815. The summed E-state index contributed by atoms with van der Waals surface area (Å²) in [6, 6.07) is 0.637. The lowest BCUT2D eigenvalue weighted by Crippen LogP contribution is -2.32. The van der Waals surface area contributed by atoms with Crippen LogP contribution in [0.3, 0.4) is 0 Å². The Morgan fingerprint density at radius 2 is 2.38 bits per heavy atom.